The van der Waals surface area contributed by atoms with Crippen LogP contribution in [0.15, 0.2) is 12.1 Å². The maximum absolute atomic E-state index is 13.1. The van der Waals surface area contributed by atoms with Gasteiger partial charge in [-0.3, -0.25) is 0 Å². The zero-order valence-electron chi connectivity index (χ0n) is 6.36. The minimum Gasteiger partial charge on any atom is -0.207 e. The molecule has 1 radical (unpaired) electrons. The molecule has 0 bridgehead atoms. The number of rotatable bonds is 0. The van der Waals surface area contributed by atoms with Crippen molar-refractivity contribution in [1.82, 2.24) is 0 Å². The molecule has 0 N–H and O–H groups in total. The van der Waals surface area contributed by atoms with Gasteiger partial charge < -0.3 is 0 Å². The Morgan fingerprint density at radius 1 is 1.18 bits per heavy atom. The van der Waals surface area contributed by atoms with Crippen molar-refractivity contribution >= 4 is 25.4 Å². The van der Waals surface area contributed by atoms with E-state index in [4.69, 9.17) is 0 Å². The fraction of sp³-hybridized carbons (Fsp3) is 0.333. The van der Waals surface area contributed by atoms with Gasteiger partial charge in [0.25, 0.3) is 21.7 Å². The molecule has 0 atom stereocenters. The fourth-order valence-corrected chi connectivity index (χ4v) is 2.24. The normalized spacial score (nSPS) is 14.9. The molecule has 0 fully saturated rings. The van der Waals surface area contributed by atoms with E-state index in [9.17, 15) is 4.39 Å². The summed E-state index contributed by atoms with van der Waals surface area (Å²) in [5.74, 6) is -0.00657. The van der Waals surface area contributed by atoms with E-state index >= 15 is 0 Å². The Morgan fingerprint density at radius 2 is 1.91 bits per heavy atom. The second kappa shape index (κ2) is 2.75. The number of hydrogen-bond acceptors (Lipinski definition) is 0. The zero-order valence-corrected chi connectivity index (χ0v) is 7.78. The first-order chi connectivity index (χ1) is 5.29. The first kappa shape index (κ1) is 7.56. The van der Waals surface area contributed by atoms with Gasteiger partial charge in [-0.25, -0.2) is 8.08 Å². The number of hydrogen-bond donors (Lipinski definition) is 0. The van der Waals surface area contributed by atoms with Crippen LogP contribution in [0.3, 0.4) is 0 Å². The van der Waals surface area contributed by atoms with E-state index in [2.05, 4.69) is 0 Å². The predicted molar refractivity (Wildman–Crippen MR) is 43.8 cm³/mol. The summed E-state index contributed by atoms with van der Waals surface area (Å²) in [5.41, 5.74) is 2.24. The molecule has 0 spiro atoms. The molecule has 0 amide bonds. The minimum atomic E-state index is -0.00657. The number of halogens is 1. The Morgan fingerprint density at radius 3 is 2.64 bits per heavy atom. The van der Waals surface area contributed by atoms with Crippen molar-refractivity contribution in [2.24, 2.45) is 0 Å². The molecule has 1 aliphatic rings. The third kappa shape index (κ3) is 1.18. The maximum atomic E-state index is 13.1. The Kier molecular flexibility index (Phi) is 1.89. The lowest BCUT2D eigenvalue weighted by Gasteiger charge is -2.05. The fourth-order valence-electron chi connectivity index (χ4n) is 1.74. The van der Waals surface area contributed by atoms with Crippen molar-refractivity contribution in [3.05, 3.63) is 29.1 Å². The molecule has 2 heteroatoms. The zero-order chi connectivity index (χ0) is 7.84. The van der Waals surface area contributed by atoms with Gasteiger partial charge in [0.05, 0.1) is 0 Å². The lowest BCUT2D eigenvalue weighted by molar-refractivity contribution is 0.613. The summed E-state index contributed by atoms with van der Waals surface area (Å²) in [6.07, 6.45) is 3.14. The second-order valence-electron chi connectivity index (χ2n) is 3.02. The Labute approximate surface area is 78.2 Å². The van der Waals surface area contributed by atoms with Gasteiger partial charge >= 0.3 is 0 Å². The molecule has 1 aromatic carbocycles. The third-order valence-corrected chi connectivity index (χ3v) is 2.99. The summed E-state index contributed by atoms with van der Waals surface area (Å²) in [5, 5.41) is 0. The van der Waals surface area contributed by atoms with Gasteiger partial charge in [-0.1, -0.05) is 11.6 Å². The average molecular weight is 159 g/mol. The van der Waals surface area contributed by atoms with Crippen LogP contribution in [-0.4, -0.2) is 21.7 Å². The summed E-state index contributed by atoms with van der Waals surface area (Å²) >= 11 is 1.86. The first-order valence-corrected chi connectivity index (χ1v) is 4.62. The largest absolute Gasteiger partial charge is 0.276 e. The summed E-state index contributed by atoms with van der Waals surface area (Å²) < 4.78 is 14.4. The van der Waals surface area contributed by atoms with Crippen molar-refractivity contribution in [1.29, 1.82) is 0 Å². The van der Waals surface area contributed by atoms with Gasteiger partial charge in [-0.2, -0.15) is 0 Å². The molecule has 0 unspecified atom stereocenters. The van der Waals surface area contributed by atoms with Crippen LogP contribution in [0.5, 0.6) is 0 Å². The van der Waals surface area contributed by atoms with Crippen LogP contribution < -0.4 is 3.69 Å². The molecule has 1 aliphatic carbocycles. The van der Waals surface area contributed by atoms with Crippen LogP contribution in [0, 0.1) is 5.82 Å². The standard InChI is InChI=1S/C9H8F.Mg/c10-9-6-2-4-7-3-1-5-8(7)9;/h2,6H,1,3,5H2;. The van der Waals surface area contributed by atoms with Crippen LogP contribution in [0.4, 0.5) is 4.39 Å². The third-order valence-electron chi connectivity index (χ3n) is 2.32. The van der Waals surface area contributed by atoms with E-state index in [1.54, 1.807) is 6.07 Å². The van der Waals surface area contributed by atoms with Crippen molar-refractivity contribution in [2.45, 2.75) is 19.3 Å². The van der Waals surface area contributed by atoms with Crippen LogP contribution in [0.2, 0.25) is 0 Å². The Hall–Kier alpha value is -0.0838. The first-order valence-electron chi connectivity index (χ1n) is 3.91. The molecule has 0 nitrogen and oxygen atoms in total. The van der Waals surface area contributed by atoms with Crippen LogP contribution >= 0.6 is 0 Å². The molecule has 53 valence electrons. The van der Waals surface area contributed by atoms with E-state index in [0.717, 1.165) is 24.8 Å². The predicted octanol–water partition coefficient (Wildman–Crippen LogP) is 1.11. The highest BCUT2D eigenvalue weighted by molar-refractivity contribution is 6.33. The average Bonchev–Trinajstić information content (AvgIpc) is 2.45. The van der Waals surface area contributed by atoms with Gasteiger partial charge in [0.15, 0.2) is 0 Å². The molecule has 0 saturated carbocycles. The van der Waals surface area contributed by atoms with Crippen molar-refractivity contribution in [3.8, 4) is 0 Å². The smallest absolute Gasteiger partial charge is 0.207 e. The highest BCUT2D eigenvalue weighted by atomic mass is 24.4. The lowest BCUT2D eigenvalue weighted by atomic mass is 10.1. The van der Waals surface area contributed by atoms with Crippen LogP contribution in [0.25, 0.3) is 0 Å². The Balaban J connectivity index is 2.64. The van der Waals surface area contributed by atoms with E-state index in [-0.39, 0.29) is 5.82 Å². The van der Waals surface area contributed by atoms with E-state index in [1.807, 2.05) is 27.8 Å². The van der Waals surface area contributed by atoms with Gasteiger partial charge in [0.1, 0.15) is 5.82 Å². The SMILES string of the molecule is Fc1cc[c]([Mg])c2c1CCC2. The van der Waals surface area contributed by atoms with Crippen molar-refractivity contribution in [2.75, 3.05) is 0 Å². The summed E-state index contributed by atoms with van der Waals surface area (Å²) in [4.78, 5) is 0. The molecule has 0 aliphatic heterocycles. The topological polar surface area (TPSA) is 0 Å². The highest BCUT2D eigenvalue weighted by Crippen LogP contribution is 2.21. The number of benzene rings is 1. The monoisotopic (exact) mass is 159 g/mol. The van der Waals surface area contributed by atoms with Crippen molar-refractivity contribution in [3.63, 3.8) is 0 Å². The molecule has 0 saturated heterocycles. The minimum absolute atomic E-state index is 0.00657. The molecule has 11 heavy (non-hydrogen) atoms. The van der Waals surface area contributed by atoms with Gasteiger partial charge in [-0.05, 0) is 30.9 Å². The van der Waals surface area contributed by atoms with Crippen molar-refractivity contribution < 1.29 is 4.39 Å². The molecule has 1 aromatic rings. The maximum Gasteiger partial charge on any atom is 0.276 e. The van der Waals surface area contributed by atoms with Gasteiger partial charge in [-0.15, -0.1) is 0 Å². The molecular formula is C9H8FMg. The van der Waals surface area contributed by atoms with E-state index < -0.39 is 0 Å². The molecular weight excluding hydrogens is 151 g/mol. The quantitative estimate of drug-likeness (QED) is 0.498. The van der Waals surface area contributed by atoms with Crippen LogP contribution in [-0.2, 0) is 12.8 Å². The summed E-state index contributed by atoms with van der Waals surface area (Å²) in [6.45, 7) is 0. The van der Waals surface area contributed by atoms with Crippen LogP contribution in [0.1, 0.15) is 17.5 Å². The van der Waals surface area contributed by atoms with Gasteiger partial charge in [0, 0.05) is 0 Å². The van der Waals surface area contributed by atoms with Gasteiger partial charge in [0.2, 0.25) is 0 Å². The molecule has 0 heterocycles. The summed E-state index contributed by atoms with van der Waals surface area (Å²) in [7, 11) is 0. The molecule has 2 rings (SSSR count). The molecule has 0 aromatic heterocycles. The Bertz CT molecular complexity index is 265. The van der Waals surface area contributed by atoms with E-state index in [1.165, 1.54) is 9.26 Å². The highest BCUT2D eigenvalue weighted by Gasteiger charge is 2.14. The lowest BCUT2D eigenvalue weighted by Crippen LogP contribution is -2.10. The number of fused-ring (bicyclic) bond motifs is 1. The van der Waals surface area contributed by atoms with E-state index in [0.29, 0.717) is 0 Å². The second-order valence-corrected chi connectivity index (χ2v) is 3.78. The summed E-state index contributed by atoms with van der Waals surface area (Å²) in [6, 6.07) is 3.48.